The monoisotopic (exact) mass is 235 g/mol. The number of carbonyl (C=O) groups excluding carboxylic acids is 1. The van der Waals surface area contributed by atoms with E-state index in [4.69, 9.17) is 10.5 Å². The summed E-state index contributed by atoms with van der Waals surface area (Å²) in [5.41, 5.74) is 6.23. The zero-order valence-electron chi connectivity index (χ0n) is 9.69. The van der Waals surface area contributed by atoms with Crippen molar-refractivity contribution in [2.75, 3.05) is 13.2 Å². The molecule has 1 aromatic rings. The van der Waals surface area contributed by atoms with Crippen molar-refractivity contribution in [2.45, 2.75) is 19.4 Å². The third kappa shape index (κ3) is 4.03. The number of nitrogens with one attached hydrogen (secondary N) is 1. The molecule has 0 bridgehead atoms. The van der Waals surface area contributed by atoms with Gasteiger partial charge in [-0.2, -0.15) is 0 Å². The molecule has 0 atom stereocenters. The number of rotatable bonds is 6. The fourth-order valence-electron chi connectivity index (χ4n) is 1.40. The second-order valence-electron chi connectivity index (χ2n) is 4.23. The summed E-state index contributed by atoms with van der Waals surface area (Å²) < 4.78 is 5.30. The SMILES string of the molecule is NCc1ccc(OCC(=O)NCC2CC2)cn1. The molecule has 5 heteroatoms. The molecule has 0 spiro atoms. The molecule has 0 saturated heterocycles. The predicted molar refractivity (Wildman–Crippen MR) is 63.4 cm³/mol. The third-order valence-corrected chi connectivity index (χ3v) is 2.66. The highest BCUT2D eigenvalue weighted by molar-refractivity contribution is 5.77. The largest absolute Gasteiger partial charge is 0.482 e. The minimum absolute atomic E-state index is 0.0381. The van der Waals surface area contributed by atoms with Crippen molar-refractivity contribution < 1.29 is 9.53 Å². The van der Waals surface area contributed by atoms with E-state index >= 15 is 0 Å². The summed E-state index contributed by atoms with van der Waals surface area (Å²) >= 11 is 0. The highest BCUT2D eigenvalue weighted by atomic mass is 16.5. The van der Waals surface area contributed by atoms with Crippen LogP contribution in [0.2, 0.25) is 0 Å². The van der Waals surface area contributed by atoms with Crippen LogP contribution in [-0.4, -0.2) is 24.0 Å². The van der Waals surface area contributed by atoms with Gasteiger partial charge in [-0.05, 0) is 30.9 Å². The molecule has 1 aromatic heterocycles. The van der Waals surface area contributed by atoms with Gasteiger partial charge in [0.15, 0.2) is 6.61 Å². The van der Waals surface area contributed by atoms with Crippen molar-refractivity contribution in [3.8, 4) is 5.75 Å². The number of hydrogen-bond acceptors (Lipinski definition) is 4. The van der Waals surface area contributed by atoms with Crippen molar-refractivity contribution in [2.24, 2.45) is 11.7 Å². The first-order chi connectivity index (χ1) is 8.28. The molecule has 0 radical (unpaired) electrons. The standard InChI is InChI=1S/C12H17N3O2/c13-5-10-3-4-11(7-14-10)17-8-12(16)15-6-9-1-2-9/h3-4,7,9H,1-2,5-6,8,13H2,(H,15,16). The van der Waals surface area contributed by atoms with Gasteiger partial charge < -0.3 is 15.8 Å². The average molecular weight is 235 g/mol. The van der Waals surface area contributed by atoms with Gasteiger partial charge in [0.2, 0.25) is 0 Å². The Morgan fingerprint density at radius 2 is 2.35 bits per heavy atom. The lowest BCUT2D eigenvalue weighted by molar-refractivity contribution is -0.123. The van der Waals surface area contributed by atoms with Gasteiger partial charge >= 0.3 is 0 Å². The molecule has 1 fully saturated rings. The van der Waals surface area contributed by atoms with Crippen LogP contribution in [0.4, 0.5) is 0 Å². The Morgan fingerprint density at radius 3 is 2.94 bits per heavy atom. The first-order valence-electron chi connectivity index (χ1n) is 5.82. The zero-order chi connectivity index (χ0) is 12.1. The first kappa shape index (κ1) is 11.9. The van der Waals surface area contributed by atoms with Crippen LogP contribution < -0.4 is 15.8 Å². The van der Waals surface area contributed by atoms with Gasteiger partial charge in [0, 0.05) is 13.1 Å². The summed E-state index contributed by atoms with van der Waals surface area (Å²) in [5, 5.41) is 2.83. The Hall–Kier alpha value is -1.62. The third-order valence-electron chi connectivity index (χ3n) is 2.66. The van der Waals surface area contributed by atoms with Crippen LogP contribution >= 0.6 is 0 Å². The zero-order valence-corrected chi connectivity index (χ0v) is 9.69. The van der Waals surface area contributed by atoms with Crippen LogP contribution in [0.5, 0.6) is 5.75 Å². The molecule has 1 heterocycles. The summed E-state index contributed by atoms with van der Waals surface area (Å²) in [6.07, 6.45) is 4.04. The topological polar surface area (TPSA) is 77.2 Å². The number of ether oxygens (including phenoxy) is 1. The van der Waals surface area contributed by atoms with Crippen molar-refractivity contribution in [3.05, 3.63) is 24.0 Å². The minimum Gasteiger partial charge on any atom is -0.482 e. The lowest BCUT2D eigenvalue weighted by Gasteiger charge is -2.06. The van der Waals surface area contributed by atoms with Crippen LogP contribution in [-0.2, 0) is 11.3 Å². The van der Waals surface area contributed by atoms with Crippen LogP contribution in [0.3, 0.4) is 0 Å². The molecule has 17 heavy (non-hydrogen) atoms. The molecule has 92 valence electrons. The number of pyridine rings is 1. The Kier molecular flexibility index (Phi) is 3.93. The minimum atomic E-state index is -0.0835. The molecule has 5 nitrogen and oxygen atoms in total. The van der Waals surface area contributed by atoms with Crippen molar-refractivity contribution in [1.29, 1.82) is 0 Å². The van der Waals surface area contributed by atoms with Gasteiger partial charge in [0.25, 0.3) is 5.91 Å². The van der Waals surface area contributed by atoms with Crippen LogP contribution in [0, 0.1) is 5.92 Å². The average Bonchev–Trinajstić information content (AvgIpc) is 3.18. The molecule has 2 rings (SSSR count). The molecular weight excluding hydrogens is 218 g/mol. The van der Waals surface area contributed by atoms with E-state index in [1.54, 1.807) is 18.3 Å². The first-order valence-corrected chi connectivity index (χ1v) is 5.82. The van der Waals surface area contributed by atoms with E-state index in [-0.39, 0.29) is 12.5 Å². The number of nitrogens with two attached hydrogens (primary N) is 1. The van der Waals surface area contributed by atoms with Gasteiger partial charge in [-0.25, -0.2) is 0 Å². The molecule has 1 aliphatic carbocycles. The molecule has 1 aliphatic rings. The van der Waals surface area contributed by atoms with E-state index in [9.17, 15) is 4.79 Å². The van der Waals surface area contributed by atoms with Gasteiger partial charge in [-0.3, -0.25) is 9.78 Å². The van der Waals surface area contributed by atoms with E-state index in [0.717, 1.165) is 12.2 Å². The van der Waals surface area contributed by atoms with Gasteiger partial charge in [-0.15, -0.1) is 0 Å². The van der Waals surface area contributed by atoms with Crippen molar-refractivity contribution in [1.82, 2.24) is 10.3 Å². The Labute approximate surface area is 100 Å². The second kappa shape index (κ2) is 5.63. The summed E-state index contributed by atoms with van der Waals surface area (Å²) in [7, 11) is 0. The quantitative estimate of drug-likeness (QED) is 0.750. The molecule has 1 amide bonds. The maximum absolute atomic E-state index is 11.4. The Bertz CT molecular complexity index is 374. The van der Waals surface area contributed by atoms with Gasteiger partial charge in [0.1, 0.15) is 5.75 Å². The van der Waals surface area contributed by atoms with Crippen LogP contribution in [0.25, 0.3) is 0 Å². The van der Waals surface area contributed by atoms with Gasteiger partial charge in [0.05, 0.1) is 11.9 Å². The number of hydrogen-bond donors (Lipinski definition) is 2. The highest BCUT2D eigenvalue weighted by Gasteiger charge is 2.21. The fourth-order valence-corrected chi connectivity index (χ4v) is 1.40. The predicted octanol–water partition coefficient (Wildman–Crippen LogP) is 0.445. The van der Waals surface area contributed by atoms with Crippen molar-refractivity contribution in [3.63, 3.8) is 0 Å². The van der Waals surface area contributed by atoms with E-state index < -0.39 is 0 Å². The molecule has 0 unspecified atom stereocenters. The van der Waals surface area contributed by atoms with Gasteiger partial charge in [-0.1, -0.05) is 0 Å². The van der Waals surface area contributed by atoms with E-state index in [0.29, 0.717) is 18.2 Å². The molecular formula is C12H17N3O2. The van der Waals surface area contributed by atoms with E-state index in [1.165, 1.54) is 12.8 Å². The van der Waals surface area contributed by atoms with Crippen LogP contribution in [0.15, 0.2) is 18.3 Å². The smallest absolute Gasteiger partial charge is 0.257 e. The Balaban J connectivity index is 1.70. The number of aromatic nitrogens is 1. The lowest BCUT2D eigenvalue weighted by atomic mass is 10.3. The highest BCUT2D eigenvalue weighted by Crippen LogP contribution is 2.27. The fraction of sp³-hybridized carbons (Fsp3) is 0.500. The summed E-state index contributed by atoms with van der Waals surface area (Å²) in [6, 6.07) is 3.56. The normalized spacial score (nSPS) is 14.4. The number of nitrogens with zero attached hydrogens (tertiary/aromatic N) is 1. The van der Waals surface area contributed by atoms with Crippen molar-refractivity contribution >= 4 is 5.91 Å². The molecule has 0 aliphatic heterocycles. The summed E-state index contributed by atoms with van der Waals surface area (Å²) in [6.45, 7) is 1.21. The lowest BCUT2D eigenvalue weighted by Crippen LogP contribution is -2.30. The second-order valence-corrected chi connectivity index (χ2v) is 4.23. The summed E-state index contributed by atoms with van der Waals surface area (Å²) in [5.74, 6) is 1.19. The van der Waals surface area contributed by atoms with E-state index in [1.807, 2.05) is 0 Å². The Morgan fingerprint density at radius 1 is 1.53 bits per heavy atom. The van der Waals surface area contributed by atoms with E-state index in [2.05, 4.69) is 10.3 Å². The summed E-state index contributed by atoms with van der Waals surface area (Å²) in [4.78, 5) is 15.5. The number of amides is 1. The molecule has 0 aromatic carbocycles. The molecule has 3 N–H and O–H groups in total. The van der Waals surface area contributed by atoms with Crippen LogP contribution in [0.1, 0.15) is 18.5 Å². The molecule has 1 saturated carbocycles. The maximum Gasteiger partial charge on any atom is 0.257 e. The number of carbonyl (C=O) groups is 1. The maximum atomic E-state index is 11.4.